The fourth-order valence-corrected chi connectivity index (χ4v) is 5.70. The third-order valence-electron chi connectivity index (χ3n) is 7.92. The number of nitrogens with zero attached hydrogens (tertiary/aromatic N) is 3. The van der Waals surface area contributed by atoms with Crippen LogP contribution in [0.3, 0.4) is 0 Å². The number of carbonyl (C=O) groups excluding carboxylic acids is 3. The van der Waals surface area contributed by atoms with E-state index in [-0.39, 0.29) is 25.2 Å². The van der Waals surface area contributed by atoms with Crippen molar-refractivity contribution in [3.63, 3.8) is 0 Å². The summed E-state index contributed by atoms with van der Waals surface area (Å²) in [4.78, 5) is 42.3. The van der Waals surface area contributed by atoms with Crippen molar-refractivity contribution in [3.05, 3.63) is 23.8 Å². The largest absolute Gasteiger partial charge is 0.454 e. The minimum absolute atomic E-state index is 0.0740. The topological polar surface area (TPSA) is 112 Å². The van der Waals surface area contributed by atoms with Crippen LogP contribution < -0.4 is 14.8 Å². The SMILES string of the molecule is CC(C)(C)C(NC(=O)C(CC1CCCC1)CN(O)C=O)C(=O)N1CCN(Cc2ccc3c(c2)OCO3)CC1. The van der Waals surface area contributed by atoms with Gasteiger partial charge in [0.05, 0.1) is 12.5 Å². The zero-order valence-electron chi connectivity index (χ0n) is 22.9. The van der Waals surface area contributed by atoms with Crippen LogP contribution in [0.2, 0.25) is 0 Å². The molecular formula is C28H42N4O6. The predicted octanol–water partition coefficient (Wildman–Crippen LogP) is 2.63. The number of hydrogen-bond acceptors (Lipinski definition) is 7. The van der Waals surface area contributed by atoms with Crippen molar-refractivity contribution in [3.8, 4) is 11.5 Å². The Balaban J connectivity index is 1.35. The van der Waals surface area contributed by atoms with Crippen molar-refractivity contribution in [2.75, 3.05) is 39.5 Å². The Morgan fingerprint density at radius 2 is 1.82 bits per heavy atom. The van der Waals surface area contributed by atoms with Crippen molar-refractivity contribution >= 4 is 18.2 Å². The molecule has 2 fully saturated rings. The number of hydrogen-bond donors (Lipinski definition) is 2. The van der Waals surface area contributed by atoms with Crippen LogP contribution in [0.5, 0.6) is 11.5 Å². The second-order valence-corrected chi connectivity index (χ2v) is 11.9. The summed E-state index contributed by atoms with van der Waals surface area (Å²) in [6.07, 6.45) is 5.30. The van der Waals surface area contributed by atoms with E-state index in [0.29, 0.717) is 36.9 Å². The number of nitrogens with one attached hydrogen (secondary N) is 1. The highest BCUT2D eigenvalue weighted by Gasteiger charge is 2.38. The molecule has 2 N–H and O–H groups in total. The van der Waals surface area contributed by atoms with E-state index in [9.17, 15) is 19.6 Å². The highest BCUT2D eigenvalue weighted by atomic mass is 16.7. The molecule has 2 unspecified atom stereocenters. The molecule has 0 radical (unpaired) electrons. The highest BCUT2D eigenvalue weighted by Crippen LogP contribution is 2.33. The molecule has 10 heteroatoms. The van der Waals surface area contributed by atoms with Crippen LogP contribution in [0.4, 0.5) is 0 Å². The van der Waals surface area contributed by atoms with E-state index in [2.05, 4.69) is 10.2 Å². The summed E-state index contributed by atoms with van der Waals surface area (Å²) >= 11 is 0. The molecule has 0 bridgehead atoms. The molecule has 3 amide bonds. The summed E-state index contributed by atoms with van der Waals surface area (Å²) in [5.74, 6) is 0.987. The van der Waals surface area contributed by atoms with E-state index in [1.807, 2.05) is 43.9 Å². The van der Waals surface area contributed by atoms with Crippen LogP contribution in [0.1, 0.15) is 58.4 Å². The second kappa shape index (κ2) is 12.3. The molecule has 3 aliphatic rings. The Labute approximate surface area is 225 Å². The van der Waals surface area contributed by atoms with Crippen molar-refractivity contribution in [2.24, 2.45) is 17.3 Å². The number of ether oxygens (including phenoxy) is 2. The van der Waals surface area contributed by atoms with Gasteiger partial charge in [-0.05, 0) is 35.4 Å². The lowest BCUT2D eigenvalue weighted by Gasteiger charge is -2.40. The molecule has 2 atom stereocenters. The average molecular weight is 531 g/mol. The molecule has 2 heterocycles. The summed E-state index contributed by atoms with van der Waals surface area (Å²) in [6, 6.07) is 5.27. The summed E-state index contributed by atoms with van der Waals surface area (Å²) < 4.78 is 10.9. The molecule has 1 aliphatic carbocycles. The maximum Gasteiger partial charge on any atom is 0.245 e. The fourth-order valence-electron chi connectivity index (χ4n) is 5.70. The van der Waals surface area contributed by atoms with Gasteiger partial charge in [0, 0.05) is 32.7 Å². The summed E-state index contributed by atoms with van der Waals surface area (Å²) in [5, 5.41) is 13.4. The second-order valence-electron chi connectivity index (χ2n) is 11.9. The zero-order chi connectivity index (χ0) is 27.3. The summed E-state index contributed by atoms with van der Waals surface area (Å²) in [5.41, 5.74) is 0.632. The number of fused-ring (bicyclic) bond motifs is 1. The number of rotatable bonds is 10. The molecule has 210 valence electrons. The molecule has 1 saturated carbocycles. The van der Waals surface area contributed by atoms with Gasteiger partial charge in [-0.3, -0.25) is 24.5 Å². The molecule has 0 aromatic heterocycles. The molecule has 2 aliphatic heterocycles. The molecule has 38 heavy (non-hydrogen) atoms. The van der Waals surface area contributed by atoms with Crippen LogP contribution >= 0.6 is 0 Å². The van der Waals surface area contributed by atoms with Gasteiger partial charge in [-0.1, -0.05) is 52.5 Å². The maximum atomic E-state index is 13.7. The van der Waals surface area contributed by atoms with Gasteiger partial charge in [0.1, 0.15) is 6.04 Å². The Morgan fingerprint density at radius 1 is 1.13 bits per heavy atom. The third kappa shape index (κ3) is 7.17. The van der Waals surface area contributed by atoms with Gasteiger partial charge in [-0.2, -0.15) is 0 Å². The average Bonchev–Trinajstić information content (AvgIpc) is 3.58. The fraction of sp³-hybridized carbons (Fsp3) is 0.679. The molecular weight excluding hydrogens is 488 g/mol. The van der Waals surface area contributed by atoms with Crippen LogP contribution in [-0.4, -0.2) is 83.9 Å². The Bertz CT molecular complexity index is 982. The Morgan fingerprint density at radius 3 is 2.47 bits per heavy atom. The van der Waals surface area contributed by atoms with E-state index >= 15 is 0 Å². The van der Waals surface area contributed by atoms with Gasteiger partial charge in [0.25, 0.3) is 0 Å². The van der Waals surface area contributed by atoms with Gasteiger partial charge in [-0.25, -0.2) is 5.06 Å². The van der Waals surface area contributed by atoms with Gasteiger partial charge in [0.2, 0.25) is 25.0 Å². The van der Waals surface area contributed by atoms with Crippen molar-refractivity contribution in [2.45, 2.75) is 65.5 Å². The van der Waals surface area contributed by atoms with Gasteiger partial charge in [-0.15, -0.1) is 0 Å². The molecule has 1 aromatic carbocycles. The summed E-state index contributed by atoms with van der Waals surface area (Å²) in [6.45, 7) is 9.39. The van der Waals surface area contributed by atoms with Gasteiger partial charge < -0.3 is 19.7 Å². The van der Waals surface area contributed by atoms with E-state index in [4.69, 9.17) is 9.47 Å². The van der Waals surface area contributed by atoms with Crippen LogP contribution in [0.15, 0.2) is 18.2 Å². The van der Waals surface area contributed by atoms with Gasteiger partial charge >= 0.3 is 0 Å². The Hall–Kier alpha value is -2.85. The molecule has 10 nitrogen and oxygen atoms in total. The molecule has 1 aromatic rings. The molecule has 0 spiro atoms. The standard InChI is InChI=1S/C28H42N4O6/c1-28(2,3)25(29-26(34)22(17-32(36)18-33)14-20-6-4-5-7-20)27(35)31-12-10-30(11-13-31)16-21-8-9-23-24(15-21)38-19-37-23/h8-9,15,18,20,22,25,36H,4-7,10-14,16-17,19H2,1-3H3,(H,29,34). The van der Waals surface area contributed by atoms with Crippen molar-refractivity contribution < 1.29 is 29.1 Å². The van der Waals surface area contributed by atoms with E-state index in [1.165, 1.54) is 0 Å². The molecule has 4 rings (SSSR count). The number of piperazine rings is 1. The number of benzene rings is 1. The zero-order valence-corrected chi connectivity index (χ0v) is 22.9. The minimum atomic E-state index is -0.704. The quantitative estimate of drug-likeness (QED) is 0.272. The Kier molecular flexibility index (Phi) is 9.15. The van der Waals surface area contributed by atoms with E-state index < -0.39 is 17.4 Å². The number of carbonyl (C=O) groups is 3. The highest BCUT2D eigenvalue weighted by molar-refractivity contribution is 5.89. The van der Waals surface area contributed by atoms with Crippen molar-refractivity contribution in [1.82, 2.24) is 20.2 Å². The first-order chi connectivity index (χ1) is 18.1. The lowest BCUT2D eigenvalue weighted by Crippen LogP contribution is -2.59. The minimum Gasteiger partial charge on any atom is -0.454 e. The third-order valence-corrected chi connectivity index (χ3v) is 7.92. The first kappa shape index (κ1) is 28.2. The lowest BCUT2D eigenvalue weighted by molar-refractivity contribution is -0.156. The van der Waals surface area contributed by atoms with Gasteiger partial charge in [0.15, 0.2) is 11.5 Å². The van der Waals surface area contributed by atoms with Crippen LogP contribution in [0, 0.1) is 17.3 Å². The predicted molar refractivity (Wildman–Crippen MR) is 140 cm³/mol. The number of hydroxylamine groups is 2. The smallest absolute Gasteiger partial charge is 0.245 e. The summed E-state index contributed by atoms with van der Waals surface area (Å²) in [7, 11) is 0. The monoisotopic (exact) mass is 530 g/mol. The van der Waals surface area contributed by atoms with E-state index in [1.54, 1.807) is 0 Å². The van der Waals surface area contributed by atoms with Crippen LogP contribution in [-0.2, 0) is 20.9 Å². The molecule has 1 saturated heterocycles. The van der Waals surface area contributed by atoms with Crippen molar-refractivity contribution in [1.29, 1.82) is 0 Å². The lowest BCUT2D eigenvalue weighted by atomic mass is 9.84. The van der Waals surface area contributed by atoms with Crippen LogP contribution in [0.25, 0.3) is 0 Å². The maximum absolute atomic E-state index is 13.7. The first-order valence-corrected chi connectivity index (χ1v) is 13.7. The number of amides is 3. The first-order valence-electron chi connectivity index (χ1n) is 13.7. The van der Waals surface area contributed by atoms with E-state index in [0.717, 1.165) is 62.4 Å². The normalized spacial score (nSPS) is 19.7.